The molecule has 2 aromatic heterocycles. The van der Waals surface area contributed by atoms with Gasteiger partial charge in [-0.2, -0.15) is 0 Å². The maximum atomic E-state index is 13.1. The summed E-state index contributed by atoms with van der Waals surface area (Å²) in [6, 6.07) is 4.48. The van der Waals surface area contributed by atoms with Crippen molar-refractivity contribution in [3.63, 3.8) is 0 Å². The van der Waals surface area contributed by atoms with Gasteiger partial charge in [-0.05, 0) is 18.2 Å². The van der Waals surface area contributed by atoms with Crippen molar-refractivity contribution in [2.75, 3.05) is 0 Å². The summed E-state index contributed by atoms with van der Waals surface area (Å²) in [4.78, 5) is 19.1. The molecule has 0 saturated carbocycles. The normalized spacial score (nSPS) is 10.8. The standard InChI is InChI=1S/C14H8F2N2O/c15-9-3-8(4-10(16)5-9)14(19)12-7-18-13-1-2-17-6-11(12)13/h1-7,18H. The number of ketones is 1. The highest BCUT2D eigenvalue weighted by Crippen LogP contribution is 2.21. The summed E-state index contributed by atoms with van der Waals surface area (Å²) in [5, 5.41) is 0.622. The molecule has 0 amide bonds. The van der Waals surface area contributed by atoms with Gasteiger partial charge in [0.05, 0.1) is 0 Å². The van der Waals surface area contributed by atoms with E-state index in [4.69, 9.17) is 0 Å². The van der Waals surface area contributed by atoms with Crippen LogP contribution in [-0.2, 0) is 0 Å². The number of nitrogens with one attached hydrogen (secondary N) is 1. The van der Waals surface area contributed by atoms with Gasteiger partial charge >= 0.3 is 0 Å². The molecule has 2 heterocycles. The number of aromatic amines is 1. The first-order valence-electron chi connectivity index (χ1n) is 5.57. The van der Waals surface area contributed by atoms with Crippen molar-refractivity contribution in [2.24, 2.45) is 0 Å². The Morgan fingerprint density at radius 3 is 2.63 bits per heavy atom. The van der Waals surface area contributed by atoms with Crippen molar-refractivity contribution in [1.29, 1.82) is 0 Å². The number of rotatable bonds is 2. The largest absolute Gasteiger partial charge is 0.360 e. The lowest BCUT2D eigenvalue weighted by atomic mass is 10.0. The van der Waals surface area contributed by atoms with E-state index in [2.05, 4.69) is 9.97 Å². The topological polar surface area (TPSA) is 45.8 Å². The minimum Gasteiger partial charge on any atom is -0.360 e. The Balaban J connectivity index is 2.13. The van der Waals surface area contributed by atoms with E-state index in [9.17, 15) is 13.6 Å². The van der Waals surface area contributed by atoms with E-state index in [1.54, 1.807) is 12.3 Å². The van der Waals surface area contributed by atoms with Gasteiger partial charge in [0, 0.05) is 46.7 Å². The van der Waals surface area contributed by atoms with Gasteiger partial charge in [-0.25, -0.2) is 8.78 Å². The first-order valence-corrected chi connectivity index (χ1v) is 5.57. The Kier molecular flexibility index (Phi) is 2.59. The highest BCUT2D eigenvalue weighted by molar-refractivity contribution is 6.16. The van der Waals surface area contributed by atoms with Crippen LogP contribution in [0, 0.1) is 11.6 Å². The maximum Gasteiger partial charge on any atom is 0.195 e. The average molecular weight is 258 g/mol. The smallest absolute Gasteiger partial charge is 0.195 e. The van der Waals surface area contributed by atoms with E-state index in [0.29, 0.717) is 10.9 Å². The number of carbonyl (C=O) groups is 1. The molecule has 0 aliphatic rings. The minimum absolute atomic E-state index is 0.0257. The van der Waals surface area contributed by atoms with Crippen LogP contribution in [0.3, 0.4) is 0 Å². The second kappa shape index (κ2) is 4.28. The van der Waals surface area contributed by atoms with Crippen molar-refractivity contribution < 1.29 is 13.6 Å². The molecule has 3 aromatic rings. The highest BCUT2D eigenvalue weighted by atomic mass is 19.1. The van der Waals surface area contributed by atoms with Gasteiger partial charge in [-0.15, -0.1) is 0 Å². The van der Waals surface area contributed by atoms with Crippen molar-refractivity contribution in [3.8, 4) is 0 Å². The third-order valence-electron chi connectivity index (χ3n) is 2.85. The Hall–Kier alpha value is -2.56. The number of hydrogen-bond donors (Lipinski definition) is 1. The van der Waals surface area contributed by atoms with Gasteiger partial charge in [0.2, 0.25) is 0 Å². The Morgan fingerprint density at radius 2 is 1.89 bits per heavy atom. The molecular formula is C14H8F2N2O. The molecule has 0 saturated heterocycles. The Morgan fingerprint density at radius 1 is 1.16 bits per heavy atom. The predicted molar refractivity (Wildman–Crippen MR) is 65.9 cm³/mol. The molecule has 19 heavy (non-hydrogen) atoms. The van der Waals surface area contributed by atoms with Crippen LogP contribution in [0.15, 0.2) is 42.9 Å². The fraction of sp³-hybridized carbons (Fsp3) is 0. The zero-order valence-electron chi connectivity index (χ0n) is 9.65. The van der Waals surface area contributed by atoms with Gasteiger partial charge in [-0.1, -0.05) is 0 Å². The Bertz CT molecular complexity index is 760. The zero-order valence-corrected chi connectivity index (χ0v) is 9.65. The van der Waals surface area contributed by atoms with Crippen molar-refractivity contribution in [2.45, 2.75) is 0 Å². The number of carbonyl (C=O) groups excluding carboxylic acids is 1. The van der Waals surface area contributed by atoms with Gasteiger partial charge in [-0.3, -0.25) is 9.78 Å². The molecular weight excluding hydrogens is 250 g/mol. The van der Waals surface area contributed by atoms with Gasteiger partial charge < -0.3 is 4.98 Å². The van der Waals surface area contributed by atoms with Crippen LogP contribution in [0.5, 0.6) is 0 Å². The van der Waals surface area contributed by atoms with Crippen LogP contribution in [-0.4, -0.2) is 15.8 Å². The van der Waals surface area contributed by atoms with E-state index in [1.807, 2.05) is 0 Å². The van der Waals surface area contributed by atoms with Gasteiger partial charge in [0.15, 0.2) is 5.78 Å². The quantitative estimate of drug-likeness (QED) is 0.718. The van der Waals surface area contributed by atoms with E-state index in [0.717, 1.165) is 23.7 Å². The number of fused-ring (bicyclic) bond motifs is 1. The molecule has 1 N–H and O–H groups in total. The summed E-state index contributed by atoms with van der Waals surface area (Å²) in [7, 11) is 0. The maximum absolute atomic E-state index is 13.1. The molecule has 0 bridgehead atoms. The van der Waals surface area contributed by atoms with Crippen LogP contribution in [0.1, 0.15) is 15.9 Å². The lowest BCUT2D eigenvalue weighted by molar-refractivity contribution is 0.103. The molecule has 3 nitrogen and oxygen atoms in total. The molecule has 0 aliphatic carbocycles. The summed E-state index contributed by atoms with van der Waals surface area (Å²) >= 11 is 0. The molecule has 0 atom stereocenters. The van der Waals surface area contributed by atoms with Gasteiger partial charge in [0.1, 0.15) is 11.6 Å². The van der Waals surface area contributed by atoms with E-state index < -0.39 is 17.4 Å². The number of benzene rings is 1. The first-order chi connectivity index (χ1) is 9.15. The monoisotopic (exact) mass is 258 g/mol. The lowest BCUT2D eigenvalue weighted by Gasteiger charge is -2.00. The Labute approximate surface area is 106 Å². The van der Waals surface area contributed by atoms with E-state index in [1.165, 1.54) is 12.4 Å². The van der Waals surface area contributed by atoms with Crippen LogP contribution < -0.4 is 0 Å². The summed E-state index contributed by atoms with van der Waals surface area (Å²) in [5.41, 5.74) is 1.06. The van der Waals surface area contributed by atoms with E-state index in [-0.39, 0.29) is 5.56 Å². The van der Waals surface area contributed by atoms with Crippen LogP contribution in [0.2, 0.25) is 0 Å². The number of hydrogen-bond acceptors (Lipinski definition) is 2. The summed E-state index contributed by atoms with van der Waals surface area (Å²) in [6.45, 7) is 0. The summed E-state index contributed by atoms with van der Waals surface area (Å²) in [5.74, 6) is -2.00. The van der Waals surface area contributed by atoms with Gasteiger partial charge in [0.25, 0.3) is 0 Å². The fourth-order valence-corrected chi connectivity index (χ4v) is 1.99. The molecule has 1 aromatic carbocycles. The molecule has 0 spiro atoms. The molecule has 5 heteroatoms. The highest BCUT2D eigenvalue weighted by Gasteiger charge is 2.15. The lowest BCUT2D eigenvalue weighted by Crippen LogP contribution is -2.02. The number of pyridine rings is 1. The first kappa shape index (κ1) is 11.5. The number of aromatic nitrogens is 2. The third kappa shape index (κ3) is 1.99. The molecule has 0 radical (unpaired) electrons. The summed E-state index contributed by atoms with van der Waals surface area (Å²) < 4.78 is 26.3. The zero-order chi connectivity index (χ0) is 13.4. The number of nitrogens with zero attached hydrogens (tertiary/aromatic N) is 1. The number of halogens is 2. The average Bonchev–Trinajstić information content (AvgIpc) is 2.80. The van der Waals surface area contributed by atoms with Crippen LogP contribution in [0.25, 0.3) is 10.9 Å². The molecule has 94 valence electrons. The van der Waals surface area contributed by atoms with Crippen molar-refractivity contribution in [3.05, 3.63) is 65.6 Å². The molecule has 0 unspecified atom stereocenters. The summed E-state index contributed by atoms with van der Waals surface area (Å²) in [6.07, 6.45) is 4.64. The second-order valence-electron chi connectivity index (χ2n) is 4.11. The SMILES string of the molecule is O=C(c1cc(F)cc(F)c1)c1c[nH]c2ccncc12. The molecule has 3 rings (SSSR count). The van der Waals surface area contributed by atoms with Crippen LogP contribution >= 0.6 is 0 Å². The molecule has 0 fully saturated rings. The fourth-order valence-electron chi connectivity index (χ4n) is 1.99. The van der Waals surface area contributed by atoms with Crippen molar-refractivity contribution in [1.82, 2.24) is 9.97 Å². The molecule has 0 aliphatic heterocycles. The third-order valence-corrected chi connectivity index (χ3v) is 2.85. The second-order valence-corrected chi connectivity index (χ2v) is 4.11. The number of H-pyrrole nitrogens is 1. The van der Waals surface area contributed by atoms with E-state index >= 15 is 0 Å². The predicted octanol–water partition coefficient (Wildman–Crippen LogP) is 3.07. The van der Waals surface area contributed by atoms with Crippen LogP contribution in [0.4, 0.5) is 8.78 Å². The minimum atomic E-state index is -0.777. The van der Waals surface area contributed by atoms with Crippen molar-refractivity contribution >= 4 is 16.7 Å².